The maximum atomic E-state index is 13.1. The number of hydrogen-bond acceptors (Lipinski definition) is 5. The van der Waals surface area contributed by atoms with Gasteiger partial charge in [-0.05, 0) is 17.7 Å². The molecule has 2 heterocycles. The van der Waals surface area contributed by atoms with Gasteiger partial charge in [0.05, 0.1) is 10.4 Å². The Hall–Kier alpha value is -3.03. The van der Waals surface area contributed by atoms with Crippen molar-refractivity contribution in [3.05, 3.63) is 82.9 Å². The number of aromatic nitrogens is 1. The Balaban J connectivity index is 1.67. The molecule has 1 amide bonds. The molecule has 1 aromatic heterocycles. The molecule has 3 aromatic rings. The van der Waals surface area contributed by atoms with Crippen LogP contribution in [0.2, 0.25) is 0 Å². The lowest BCUT2D eigenvalue weighted by molar-refractivity contribution is -0.145. The lowest BCUT2D eigenvalue weighted by Crippen LogP contribution is -2.45. The minimum atomic E-state index is -1.08. The highest BCUT2D eigenvalue weighted by Crippen LogP contribution is 2.35. The van der Waals surface area contributed by atoms with Crippen LogP contribution in [-0.2, 0) is 16.0 Å². The van der Waals surface area contributed by atoms with Gasteiger partial charge in [0.15, 0.2) is 0 Å². The molecule has 1 aliphatic rings. The minimum Gasteiger partial charge on any atom is -0.480 e. The van der Waals surface area contributed by atoms with E-state index >= 15 is 0 Å². The molecule has 1 unspecified atom stereocenters. The maximum Gasteiger partial charge on any atom is 0.327 e. The number of nitrogens with zero attached hydrogens (tertiary/aromatic N) is 2. The summed E-state index contributed by atoms with van der Waals surface area (Å²) in [7, 11) is 0. The van der Waals surface area contributed by atoms with Gasteiger partial charge in [0.1, 0.15) is 10.4 Å². The third kappa shape index (κ3) is 3.92. The molecule has 1 fully saturated rings. The maximum absolute atomic E-state index is 13.1. The summed E-state index contributed by atoms with van der Waals surface area (Å²) in [5.41, 5.74) is 2.40. The summed E-state index contributed by atoms with van der Waals surface area (Å²) < 4.78 is 0.248. The smallest absolute Gasteiger partial charge is 0.327 e. The minimum absolute atomic E-state index is 0.186. The van der Waals surface area contributed by atoms with Crippen molar-refractivity contribution in [2.24, 2.45) is 0 Å². The van der Waals surface area contributed by atoms with Gasteiger partial charge >= 0.3 is 5.97 Å². The van der Waals surface area contributed by atoms with E-state index in [9.17, 15) is 14.7 Å². The van der Waals surface area contributed by atoms with Crippen LogP contribution in [0.25, 0.3) is 17.0 Å². The van der Waals surface area contributed by atoms with Crippen molar-refractivity contribution in [3.8, 4) is 0 Å². The van der Waals surface area contributed by atoms with Gasteiger partial charge in [0, 0.05) is 23.6 Å². The monoisotopic (exact) mass is 420 g/mol. The fourth-order valence-electron chi connectivity index (χ4n) is 3.26. The summed E-state index contributed by atoms with van der Waals surface area (Å²) in [5.74, 6) is -1.48. The van der Waals surface area contributed by atoms with Crippen molar-refractivity contribution < 1.29 is 14.7 Å². The molecule has 1 aliphatic heterocycles. The van der Waals surface area contributed by atoms with Crippen LogP contribution in [0, 0.1) is 0 Å². The van der Waals surface area contributed by atoms with Crippen LogP contribution in [0.5, 0.6) is 0 Å². The molecule has 0 bridgehead atoms. The van der Waals surface area contributed by atoms with Crippen LogP contribution in [0.4, 0.5) is 0 Å². The number of pyridine rings is 1. The highest BCUT2D eigenvalue weighted by atomic mass is 32.2. The van der Waals surface area contributed by atoms with E-state index in [2.05, 4.69) is 4.98 Å². The van der Waals surface area contributed by atoms with E-state index < -0.39 is 17.9 Å². The first-order chi connectivity index (χ1) is 14.0. The zero-order valence-corrected chi connectivity index (χ0v) is 16.8. The van der Waals surface area contributed by atoms with E-state index in [-0.39, 0.29) is 10.7 Å². The van der Waals surface area contributed by atoms with Crippen LogP contribution in [0.1, 0.15) is 11.1 Å². The molecular formula is C22H16N2O3S2. The van der Waals surface area contributed by atoms with E-state index in [1.807, 2.05) is 60.7 Å². The van der Waals surface area contributed by atoms with Gasteiger partial charge in [-0.3, -0.25) is 14.7 Å². The van der Waals surface area contributed by atoms with Gasteiger partial charge in [0.2, 0.25) is 0 Å². The molecule has 0 spiro atoms. The summed E-state index contributed by atoms with van der Waals surface area (Å²) in [6.07, 6.45) is 3.62. The molecule has 2 aromatic carbocycles. The third-order valence-electron chi connectivity index (χ3n) is 4.64. The number of carbonyl (C=O) groups is 2. The highest BCUT2D eigenvalue weighted by molar-refractivity contribution is 8.26. The summed E-state index contributed by atoms with van der Waals surface area (Å²) in [6.45, 7) is 0. The van der Waals surface area contributed by atoms with Crippen molar-refractivity contribution in [1.29, 1.82) is 0 Å². The molecule has 1 atom stereocenters. The molecule has 0 radical (unpaired) electrons. The number of carboxylic acid groups (broad SMARTS) is 1. The number of thioether (sulfide) groups is 1. The second-order valence-corrected chi connectivity index (χ2v) is 8.19. The van der Waals surface area contributed by atoms with Gasteiger partial charge < -0.3 is 5.11 Å². The van der Waals surface area contributed by atoms with Crippen molar-refractivity contribution in [2.45, 2.75) is 12.5 Å². The molecule has 4 rings (SSSR count). The Morgan fingerprint density at radius 2 is 1.90 bits per heavy atom. The first-order valence-electron chi connectivity index (χ1n) is 8.92. The Labute approximate surface area is 177 Å². The number of fused-ring (bicyclic) bond motifs is 1. The molecule has 0 saturated carbocycles. The lowest BCUT2D eigenvalue weighted by atomic mass is 10.0. The van der Waals surface area contributed by atoms with Crippen LogP contribution >= 0.6 is 24.0 Å². The Morgan fingerprint density at radius 3 is 2.66 bits per heavy atom. The quantitative estimate of drug-likeness (QED) is 0.494. The summed E-state index contributed by atoms with van der Waals surface area (Å²) in [6, 6.07) is 17.7. The van der Waals surface area contributed by atoms with E-state index in [1.54, 1.807) is 12.3 Å². The molecule has 7 heteroatoms. The van der Waals surface area contributed by atoms with Crippen LogP contribution < -0.4 is 0 Å². The number of rotatable bonds is 5. The van der Waals surface area contributed by atoms with Crippen molar-refractivity contribution >= 4 is 57.2 Å². The van der Waals surface area contributed by atoms with Crippen molar-refractivity contribution in [1.82, 2.24) is 9.88 Å². The standard InChI is InChI=1S/C22H16N2O3S2/c25-20-18(13-16-9-4-8-15-10-5-11-23-19(15)16)29-22(28)24(20)17(21(26)27)12-14-6-2-1-3-7-14/h1-11,13,17H,12H2,(H,26,27). The SMILES string of the molecule is O=C(O)C(Cc1ccccc1)N1C(=O)C(=Cc2cccc3cccnc23)SC1=S. The van der Waals surface area contributed by atoms with Crippen molar-refractivity contribution in [3.63, 3.8) is 0 Å². The number of carbonyl (C=O) groups excluding carboxylic acids is 1. The zero-order valence-electron chi connectivity index (χ0n) is 15.2. The summed E-state index contributed by atoms with van der Waals surface area (Å²) >= 11 is 6.49. The van der Waals surface area contributed by atoms with E-state index in [0.717, 1.165) is 33.8 Å². The van der Waals surface area contributed by atoms with Crippen LogP contribution in [0.3, 0.4) is 0 Å². The predicted octanol–water partition coefficient (Wildman–Crippen LogP) is 4.13. The first-order valence-corrected chi connectivity index (χ1v) is 10.1. The fraction of sp³-hybridized carbons (Fsp3) is 0.0909. The second kappa shape index (κ2) is 8.14. The van der Waals surface area contributed by atoms with Crippen LogP contribution in [-0.4, -0.2) is 37.2 Å². The number of carboxylic acids is 1. The Bertz CT molecular complexity index is 1140. The van der Waals surface area contributed by atoms with Crippen molar-refractivity contribution in [2.75, 3.05) is 0 Å². The predicted molar refractivity (Wildman–Crippen MR) is 118 cm³/mol. The normalized spacial score (nSPS) is 16.6. The summed E-state index contributed by atoms with van der Waals surface area (Å²) in [4.78, 5) is 31.0. The average molecular weight is 421 g/mol. The highest BCUT2D eigenvalue weighted by Gasteiger charge is 2.40. The first kappa shape index (κ1) is 19.3. The number of hydrogen-bond donors (Lipinski definition) is 1. The van der Waals surface area contributed by atoms with Gasteiger partial charge in [-0.1, -0.05) is 78.6 Å². The van der Waals surface area contributed by atoms with Crippen LogP contribution in [0.15, 0.2) is 71.8 Å². The molecule has 1 N–H and O–H groups in total. The average Bonchev–Trinajstić information content (AvgIpc) is 3.00. The second-order valence-electron chi connectivity index (χ2n) is 6.52. The number of aliphatic carboxylic acids is 1. The lowest BCUT2D eigenvalue weighted by Gasteiger charge is -2.23. The van der Waals surface area contributed by atoms with Gasteiger partial charge in [-0.2, -0.15) is 0 Å². The molecule has 5 nitrogen and oxygen atoms in total. The molecule has 29 heavy (non-hydrogen) atoms. The number of thiocarbonyl (C=S) groups is 1. The largest absolute Gasteiger partial charge is 0.480 e. The number of amides is 1. The Morgan fingerprint density at radius 1 is 1.14 bits per heavy atom. The van der Waals surface area contributed by atoms with E-state index in [1.165, 1.54) is 4.90 Å². The number of para-hydroxylation sites is 1. The summed E-state index contributed by atoms with van der Waals surface area (Å²) in [5, 5.41) is 10.7. The number of benzene rings is 2. The Kier molecular flexibility index (Phi) is 5.42. The molecular weight excluding hydrogens is 404 g/mol. The zero-order chi connectivity index (χ0) is 20.4. The van der Waals surface area contributed by atoms with E-state index in [0.29, 0.717) is 4.91 Å². The molecule has 1 saturated heterocycles. The van der Waals surface area contributed by atoms with Gasteiger partial charge in [-0.25, -0.2) is 4.79 Å². The fourth-order valence-corrected chi connectivity index (χ4v) is 4.61. The molecule has 144 valence electrons. The third-order valence-corrected chi connectivity index (χ3v) is 5.97. The molecule has 0 aliphatic carbocycles. The van der Waals surface area contributed by atoms with Gasteiger partial charge in [-0.15, -0.1) is 0 Å². The topological polar surface area (TPSA) is 70.5 Å². The van der Waals surface area contributed by atoms with Gasteiger partial charge in [0.25, 0.3) is 5.91 Å². The van der Waals surface area contributed by atoms with E-state index in [4.69, 9.17) is 12.2 Å².